The van der Waals surface area contributed by atoms with Crippen molar-refractivity contribution in [2.45, 2.75) is 31.7 Å². The number of carbonyl (C=O) groups excluding carboxylic acids is 1. The number of amides is 1. The van der Waals surface area contributed by atoms with Crippen LogP contribution in [0.4, 0.5) is 0 Å². The highest BCUT2D eigenvalue weighted by Gasteiger charge is 2.15. The van der Waals surface area contributed by atoms with Gasteiger partial charge >= 0.3 is 0 Å². The highest BCUT2D eigenvalue weighted by molar-refractivity contribution is 7.80. The topological polar surface area (TPSA) is 62.4 Å². The summed E-state index contributed by atoms with van der Waals surface area (Å²) in [6.07, 6.45) is 7.85. The minimum absolute atomic E-state index is 0.276. The predicted octanol–water partition coefficient (Wildman–Crippen LogP) is 2.15. The maximum absolute atomic E-state index is 11.8. The molecule has 0 bridgehead atoms. The van der Waals surface area contributed by atoms with E-state index in [1.807, 2.05) is 24.3 Å². The maximum atomic E-state index is 11.8. The monoisotopic (exact) mass is 319 g/mol. The van der Waals surface area contributed by atoms with Crippen LogP contribution in [0.5, 0.6) is 5.75 Å². The van der Waals surface area contributed by atoms with Gasteiger partial charge in [0.05, 0.1) is 7.11 Å². The average Bonchev–Trinajstić information content (AvgIpc) is 3.04. The fourth-order valence-electron chi connectivity index (χ4n) is 2.42. The first-order valence-electron chi connectivity index (χ1n) is 7.36. The van der Waals surface area contributed by atoms with Gasteiger partial charge < -0.3 is 10.1 Å². The minimum Gasteiger partial charge on any atom is -0.496 e. The fraction of sp³-hybridized carbons (Fsp3) is 0.375. The zero-order valence-corrected chi connectivity index (χ0v) is 13.4. The van der Waals surface area contributed by atoms with Crippen LogP contribution in [-0.2, 0) is 4.79 Å². The van der Waals surface area contributed by atoms with E-state index in [9.17, 15) is 4.79 Å². The van der Waals surface area contributed by atoms with Gasteiger partial charge in [0.1, 0.15) is 5.75 Å². The van der Waals surface area contributed by atoms with Gasteiger partial charge in [-0.05, 0) is 37.2 Å². The zero-order valence-electron chi connectivity index (χ0n) is 12.6. The Bertz CT molecular complexity index is 554. The predicted molar refractivity (Wildman–Crippen MR) is 91.3 cm³/mol. The van der Waals surface area contributed by atoms with Crippen molar-refractivity contribution in [1.29, 1.82) is 0 Å². The number of thiocarbonyl (C=S) groups is 1. The fourth-order valence-corrected chi connectivity index (χ4v) is 2.64. The van der Waals surface area contributed by atoms with E-state index in [0.29, 0.717) is 11.2 Å². The Labute approximate surface area is 136 Å². The minimum atomic E-state index is -0.276. The lowest BCUT2D eigenvalue weighted by Crippen LogP contribution is -2.48. The van der Waals surface area contributed by atoms with Crippen LogP contribution in [0.25, 0.3) is 6.08 Å². The van der Waals surface area contributed by atoms with Crippen LogP contribution in [-0.4, -0.2) is 24.2 Å². The number of hydrogen-bond donors (Lipinski definition) is 3. The van der Waals surface area contributed by atoms with Crippen molar-refractivity contribution in [2.24, 2.45) is 0 Å². The summed E-state index contributed by atoms with van der Waals surface area (Å²) in [7, 11) is 1.60. The van der Waals surface area contributed by atoms with Gasteiger partial charge in [-0.2, -0.15) is 0 Å². The maximum Gasteiger partial charge on any atom is 0.262 e. The van der Waals surface area contributed by atoms with E-state index >= 15 is 0 Å². The lowest BCUT2D eigenvalue weighted by Gasteiger charge is -2.15. The van der Waals surface area contributed by atoms with Gasteiger partial charge in [0.2, 0.25) is 0 Å². The molecule has 0 atom stereocenters. The molecular formula is C16H21N3O2S. The highest BCUT2D eigenvalue weighted by Crippen LogP contribution is 2.18. The van der Waals surface area contributed by atoms with Crippen LogP contribution in [0.2, 0.25) is 0 Å². The molecule has 5 nitrogen and oxygen atoms in total. The van der Waals surface area contributed by atoms with Crippen LogP contribution < -0.4 is 20.9 Å². The zero-order chi connectivity index (χ0) is 15.8. The van der Waals surface area contributed by atoms with Gasteiger partial charge in [0, 0.05) is 17.7 Å². The van der Waals surface area contributed by atoms with E-state index in [1.54, 1.807) is 13.2 Å². The molecule has 1 aliphatic carbocycles. The van der Waals surface area contributed by atoms with Crippen molar-refractivity contribution < 1.29 is 9.53 Å². The van der Waals surface area contributed by atoms with E-state index in [4.69, 9.17) is 17.0 Å². The van der Waals surface area contributed by atoms with Gasteiger partial charge in [0.15, 0.2) is 5.11 Å². The molecule has 0 aliphatic heterocycles. The molecule has 1 amide bonds. The molecule has 1 saturated carbocycles. The Morgan fingerprint density at radius 3 is 2.73 bits per heavy atom. The molecule has 3 N–H and O–H groups in total. The summed E-state index contributed by atoms with van der Waals surface area (Å²) in [4.78, 5) is 11.8. The summed E-state index contributed by atoms with van der Waals surface area (Å²) in [6, 6.07) is 7.91. The largest absolute Gasteiger partial charge is 0.496 e. The molecule has 0 spiro atoms. The molecule has 0 radical (unpaired) electrons. The van der Waals surface area contributed by atoms with Gasteiger partial charge in [-0.1, -0.05) is 31.0 Å². The van der Waals surface area contributed by atoms with E-state index < -0.39 is 0 Å². The van der Waals surface area contributed by atoms with Gasteiger partial charge in [0.25, 0.3) is 5.91 Å². The summed E-state index contributed by atoms with van der Waals surface area (Å²) < 4.78 is 5.22. The molecule has 22 heavy (non-hydrogen) atoms. The molecule has 1 aromatic carbocycles. The third-order valence-corrected chi connectivity index (χ3v) is 3.76. The smallest absolute Gasteiger partial charge is 0.262 e. The van der Waals surface area contributed by atoms with E-state index in [0.717, 1.165) is 24.2 Å². The van der Waals surface area contributed by atoms with Gasteiger partial charge in [-0.3, -0.25) is 15.6 Å². The second kappa shape index (κ2) is 8.38. The summed E-state index contributed by atoms with van der Waals surface area (Å²) in [6.45, 7) is 0. The Morgan fingerprint density at radius 2 is 2.00 bits per heavy atom. The van der Waals surface area contributed by atoms with E-state index in [-0.39, 0.29) is 5.91 Å². The van der Waals surface area contributed by atoms with Gasteiger partial charge in [-0.15, -0.1) is 0 Å². The highest BCUT2D eigenvalue weighted by atomic mass is 32.1. The number of hydrogen-bond acceptors (Lipinski definition) is 3. The Kier molecular flexibility index (Phi) is 6.21. The summed E-state index contributed by atoms with van der Waals surface area (Å²) >= 11 is 5.15. The molecule has 1 aromatic rings. The SMILES string of the molecule is COc1ccccc1/C=C/C(=O)NNC(=S)NC1CCCC1. The molecule has 1 fully saturated rings. The molecule has 0 aromatic heterocycles. The summed E-state index contributed by atoms with van der Waals surface area (Å²) in [5, 5.41) is 3.64. The van der Waals surface area contributed by atoms with Crippen molar-refractivity contribution in [2.75, 3.05) is 7.11 Å². The first-order chi connectivity index (χ1) is 10.7. The number of methoxy groups -OCH3 is 1. The number of para-hydroxylation sites is 1. The second-order valence-electron chi connectivity index (χ2n) is 5.14. The molecule has 6 heteroatoms. The van der Waals surface area contributed by atoms with E-state index in [1.165, 1.54) is 18.9 Å². The number of rotatable bonds is 4. The Balaban J connectivity index is 1.77. The number of nitrogens with one attached hydrogen (secondary N) is 3. The second-order valence-corrected chi connectivity index (χ2v) is 5.55. The molecule has 0 heterocycles. The van der Waals surface area contributed by atoms with Crippen molar-refractivity contribution in [3.05, 3.63) is 35.9 Å². The average molecular weight is 319 g/mol. The van der Waals surface area contributed by atoms with Crippen molar-refractivity contribution in [1.82, 2.24) is 16.2 Å². The van der Waals surface area contributed by atoms with Crippen LogP contribution in [0.15, 0.2) is 30.3 Å². The number of carbonyl (C=O) groups is 1. The normalized spacial score (nSPS) is 14.8. The van der Waals surface area contributed by atoms with Crippen LogP contribution in [0.1, 0.15) is 31.2 Å². The molecule has 118 valence electrons. The third-order valence-electron chi connectivity index (χ3n) is 3.54. The van der Waals surface area contributed by atoms with Crippen LogP contribution in [0.3, 0.4) is 0 Å². The van der Waals surface area contributed by atoms with Crippen LogP contribution in [0, 0.1) is 0 Å². The molecular weight excluding hydrogens is 298 g/mol. The van der Waals surface area contributed by atoms with Crippen LogP contribution >= 0.6 is 12.2 Å². The molecule has 0 saturated heterocycles. The lowest BCUT2D eigenvalue weighted by molar-refractivity contribution is -0.116. The summed E-state index contributed by atoms with van der Waals surface area (Å²) in [5.41, 5.74) is 6.10. The Morgan fingerprint density at radius 1 is 1.27 bits per heavy atom. The summed E-state index contributed by atoms with van der Waals surface area (Å²) in [5.74, 6) is 0.444. The first-order valence-corrected chi connectivity index (χ1v) is 7.77. The van der Waals surface area contributed by atoms with E-state index in [2.05, 4.69) is 16.2 Å². The number of benzene rings is 1. The first kappa shape index (κ1) is 16.3. The van der Waals surface area contributed by atoms with Crippen molar-refractivity contribution in [3.8, 4) is 5.75 Å². The van der Waals surface area contributed by atoms with Gasteiger partial charge in [-0.25, -0.2) is 0 Å². The number of ether oxygens (including phenoxy) is 1. The number of hydrazine groups is 1. The lowest BCUT2D eigenvalue weighted by atomic mass is 10.2. The Hall–Kier alpha value is -2.08. The third kappa shape index (κ3) is 5.04. The van der Waals surface area contributed by atoms with Crippen molar-refractivity contribution in [3.63, 3.8) is 0 Å². The molecule has 0 unspecified atom stereocenters. The molecule has 2 rings (SSSR count). The molecule has 1 aliphatic rings. The van der Waals surface area contributed by atoms with Crippen molar-refractivity contribution >= 4 is 29.3 Å². The standard InChI is InChI=1S/C16H21N3O2S/c1-21-14-9-5-2-6-12(14)10-11-15(20)18-19-16(22)17-13-7-3-4-8-13/h2,5-6,9-11,13H,3-4,7-8H2,1H3,(H,18,20)(H2,17,19,22)/b11-10+. The quantitative estimate of drug-likeness (QED) is 0.451.